The molecule has 2 rings (SSSR count). The summed E-state index contributed by atoms with van der Waals surface area (Å²) in [6.45, 7) is 4.55. The van der Waals surface area contributed by atoms with Crippen LogP contribution in [0.3, 0.4) is 0 Å². The van der Waals surface area contributed by atoms with Gasteiger partial charge in [-0.3, -0.25) is 0 Å². The van der Waals surface area contributed by atoms with Crippen molar-refractivity contribution in [2.45, 2.75) is 25.9 Å². The number of hydrogen-bond donors (Lipinski definition) is 1. The van der Waals surface area contributed by atoms with E-state index in [0.717, 1.165) is 38.4 Å². The molecule has 0 saturated carbocycles. The van der Waals surface area contributed by atoms with Crippen molar-refractivity contribution in [1.29, 1.82) is 0 Å². The molecule has 0 amide bonds. The van der Waals surface area contributed by atoms with Crippen LogP contribution in [0.2, 0.25) is 0 Å². The number of nitrogens with zero attached hydrogens (tertiary/aromatic N) is 2. The Hall–Kier alpha value is -1.62. The van der Waals surface area contributed by atoms with Gasteiger partial charge in [0.25, 0.3) is 0 Å². The second-order valence-corrected chi connectivity index (χ2v) is 4.38. The van der Waals surface area contributed by atoms with Crippen LogP contribution in [0.25, 0.3) is 0 Å². The minimum atomic E-state index is -0.948. The lowest BCUT2D eigenvalue weighted by atomic mass is 10.2. The molecule has 1 fully saturated rings. The molecule has 0 radical (unpaired) electrons. The van der Waals surface area contributed by atoms with E-state index in [0.29, 0.717) is 0 Å². The number of likely N-dealkylation sites (N-methyl/N-ethyl adjacent to an activating group) is 1. The van der Waals surface area contributed by atoms with Crippen LogP contribution in [0.15, 0.2) is 18.3 Å². The third kappa shape index (κ3) is 2.98. The molecule has 1 aliphatic rings. The van der Waals surface area contributed by atoms with Crippen molar-refractivity contribution in [3.05, 3.63) is 23.9 Å². The molecule has 1 atom stereocenters. The zero-order valence-electron chi connectivity index (χ0n) is 10.5. The average molecular weight is 250 g/mol. The average Bonchev–Trinajstić information content (AvgIpc) is 2.89. The maximum Gasteiger partial charge on any atom is 0.337 e. The number of aromatic carboxylic acids is 1. The second-order valence-electron chi connectivity index (χ2n) is 4.38. The van der Waals surface area contributed by atoms with E-state index in [4.69, 9.17) is 9.84 Å². The third-order valence-electron chi connectivity index (χ3n) is 3.15. The van der Waals surface area contributed by atoms with Gasteiger partial charge in [-0.1, -0.05) is 0 Å². The molecule has 1 aromatic heterocycles. The van der Waals surface area contributed by atoms with Crippen molar-refractivity contribution < 1.29 is 14.6 Å². The van der Waals surface area contributed by atoms with Gasteiger partial charge < -0.3 is 14.7 Å². The van der Waals surface area contributed by atoms with Gasteiger partial charge in [-0.15, -0.1) is 0 Å². The van der Waals surface area contributed by atoms with Crippen LogP contribution in [-0.2, 0) is 4.74 Å². The fraction of sp³-hybridized carbons (Fsp3) is 0.538. The smallest absolute Gasteiger partial charge is 0.337 e. The molecule has 1 saturated heterocycles. The van der Waals surface area contributed by atoms with Crippen LogP contribution in [-0.4, -0.2) is 41.9 Å². The van der Waals surface area contributed by atoms with Crippen molar-refractivity contribution in [2.24, 2.45) is 0 Å². The molecule has 0 aliphatic carbocycles. The lowest BCUT2D eigenvalue weighted by Gasteiger charge is -2.24. The van der Waals surface area contributed by atoms with Crippen LogP contribution in [0.5, 0.6) is 0 Å². The summed E-state index contributed by atoms with van der Waals surface area (Å²) in [7, 11) is 0. The molecule has 5 heteroatoms. The molecule has 1 aromatic rings. The van der Waals surface area contributed by atoms with E-state index in [1.165, 1.54) is 6.20 Å². The SMILES string of the molecule is CCN(CC1CCCO1)c1ccc(C(=O)O)cn1. The first-order valence-corrected chi connectivity index (χ1v) is 6.26. The number of hydrogen-bond acceptors (Lipinski definition) is 4. The summed E-state index contributed by atoms with van der Waals surface area (Å²) in [4.78, 5) is 17.1. The topological polar surface area (TPSA) is 62.7 Å². The van der Waals surface area contributed by atoms with Crippen molar-refractivity contribution in [1.82, 2.24) is 4.98 Å². The molecule has 1 aliphatic heterocycles. The number of anilines is 1. The number of carboxylic acids is 1. The standard InChI is InChI=1S/C13H18N2O3/c1-2-15(9-11-4-3-7-18-11)12-6-5-10(8-14-12)13(16)17/h5-6,8,11H,2-4,7,9H2,1H3,(H,16,17). The summed E-state index contributed by atoms with van der Waals surface area (Å²) in [6, 6.07) is 3.34. The van der Waals surface area contributed by atoms with Crippen molar-refractivity contribution in [2.75, 3.05) is 24.6 Å². The monoisotopic (exact) mass is 250 g/mol. The maximum atomic E-state index is 10.8. The van der Waals surface area contributed by atoms with Gasteiger partial charge >= 0.3 is 5.97 Å². The van der Waals surface area contributed by atoms with Gasteiger partial charge in [-0.05, 0) is 31.9 Å². The Labute approximate surface area is 106 Å². The molecule has 1 unspecified atom stereocenters. The summed E-state index contributed by atoms with van der Waals surface area (Å²) < 4.78 is 5.61. The highest BCUT2D eigenvalue weighted by atomic mass is 16.5. The fourth-order valence-corrected chi connectivity index (χ4v) is 2.12. The first kappa shape index (κ1) is 12.8. The quantitative estimate of drug-likeness (QED) is 0.863. The van der Waals surface area contributed by atoms with Crippen molar-refractivity contribution in [3.8, 4) is 0 Å². The largest absolute Gasteiger partial charge is 0.478 e. The molecule has 98 valence electrons. The van der Waals surface area contributed by atoms with Crippen molar-refractivity contribution >= 4 is 11.8 Å². The molecule has 2 heterocycles. The fourth-order valence-electron chi connectivity index (χ4n) is 2.12. The van der Waals surface area contributed by atoms with E-state index < -0.39 is 5.97 Å². The summed E-state index contributed by atoms with van der Waals surface area (Å²) >= 11 is 0. The van der Waals surface area contributed by atoms with E-state index >= 15 is 0 Å². The Morgan fingerprint density at radius 3 is 2.94 bits per heavy atom. The number of carboxylic acid groups (broad SMARTS) is 1. The number of pyridine rings is 1. The Morgan fingerprint density at radius 1 is 1.61 bits per heavy atom. The molecule has 5 nitrogen and oxygen atoms in total. The normalized spacial score (nSPS) is 18.8. The summed E-state index contributed by atoms with van der Waals surface area (Å²) in [6.07, 6.45) is 3.87. The summed E-state index contributed by atoms with van der Waals surface area (Å²) in [5.74, 6) is -0.144. The zero-order valence-corrected chi connectivity index (χ0v) is 10.5. The van der Waals surface area contributed by atoms with Gasteiger partial charge in [-0.2, -0.15) is 0 Å². The van der Waals surface area contributed by atoms with Gasteiger partial charge in [0, 0.05) is 25.9 Å². The van der Waals surface area contributed by atoms with E-state index in [1.54, 1.807) is 12.1 Å². The van der Waals surface area contributed by atoms with Crippen LogP contribution < -0.4 is 4.90 Å². The predicted molar refractivity (Wildman–Crippen MR) is 68.1 cm³/mol. The molecule has 0 bridgehead atoms. The van der Waals surface area contributed by atoms with E-state index in [2.05, 4.69) is 16.8 Å². The predicted octanol–water partition coefficient (Wildman–Crippen LogP) is 1.79. The minimum absolute atomic E-state index is 0.215. The number of ether oxygens (including phenoxy) is 1. The third-order valence-corrected chi connectivity index (χ3v) is 3.15. The molecule has 0 spiro atoms. The van der Waals surface area contributed by atoms with Crippen LogP contribution in [0, 0.1) is 0 Å². The van der Waals surface area contributed by atoms with E-state index in [1.807, 2.05) is 0 Å². The van der Waals surface area contributed by atoms with Gasteiger partial charge in [0.15, 0.2) is 0 Å². The van der Waals surface area contributed by atoms with E-state index in [-0.39, 0.29) is 11.7 Å². The number of aromatic nitrogens is 1. The Kier molecular flexibility index (Phi) is 4.15. The highest BCUT2D eigenvalue weighted by Gasteiger charge is 2.19. The Bertz CT molecular complexity index is 399. The molecule has 0 aromatic carbocycles. The number of rotatable bonds is 5. The van der Waals surface area contributed by atoms with E-state index in [9.17, 15) is 4.79 Å². The van der Waals surface area contributed by atoms with Crippen LogP contribution >= 0.6 is 0 Å². The highest BCUT2D eigenvalue weighted by Crippen LogP contribution is 2.17. The maximum absolute atomic E-state index is 10.8. The molecule has 18 heavy (non-hydrogen) atoms. The first-order valence-electron chi connectivity index (χ1n) is 6.26. The minimum Gasteiger partial charge on any atom is -0.478 e. The Morgan fingerprint density at radius 2 is 2.44 bits per heavy atom. The molecular weight excluding hydrogens is 232 g/mol. The highest BCUT2D eigenvalue weighted by molar-refractivity contribution is 5.87. The lowest BCUT2D eigenvalue weighted by molar-refractivity contribution is 0.0696. The Balaban J connectivity index is 2.04. The van der Waals surface area contributed by atoms with Crippen LogP contribution in [0.4, 0.5) is 5.82 Å². The van der Waals surface area contributed by atoms with Crippen molar-refractivity contribution in [3.63, 3.8) is 0 Å². The van der Waals surface area contributed by atoms with Gasteiger partial charge in [0.05, 0.1) is 11.7 Å². The zero-order chi connectivity index (χ0) is 13.0. The summed E-state index contributed by atoms with van der Waals surface area (Å²) in [5.41, 5.74) is 0.215. The molecule has 1 N–H and O–H groups in total. The number of carbonyl (C=O) groups is 1. The van der Waals surface area contributed by atoms with Gasteiger partial charge in [0.1, 0.15) is 5.82 Å². The second kappa shape index (κ2) is 5.82. The van der Waals surface area contributed by atoms with Crippen LogP contribution in [0.1, 0.15) is 30.1 Å². The summed E-state index contributed by atoms with van der Waals surface area (Å²) in [5, 5.41) is 8.83. The first-order chi connectivity index (χ1) is 8.70. The van der Waals surface area contributed by atoms with Gasteiger partial charge in [0.2, 0.25) is 0 Å². The molecular formula is C13H18N2O3. The lowest BCUT2D eigenvalue weighted by Crippen LogP contribution is -2.32. The van der Waals surface area contributed by atoms with Gasteiger partial charge in [-0.25, -0.2) is 9.78 Å².